The molecular weight excluding hydrogens is 208 g/mol. The fourth-order valence-electron chi connectivity index (χ4n) is 3.61. The first-order valence-electron chi connectivity index (χ1n) is 7.67. The van der Waals surface area contributed by atoms with Gasteiger partial charge in [-0.25, -0.2) is 0 Å². The van der Waals surface area contributed by atoms with Gasteiger partial charge in [-0.1, -0.05) is 13.8 Å². The molecule has 0 radical (unpaired) electrons. The van der Waals surface area contributed by atoms with Gasteiger partial charge >= 0.3 is 0 Å². The zero-order valence-corrected chi connectivity index (χ0v) is 11.8. The molecule has 1 N–H and O–H groups in total. The number of likely N-dealkylation sites (tertiary alicyclic amines) is 1. The Labute approximate surface area is 107 Å². The molecule has 2 nitrogen and oxygen atoms in total. The zero-order valence-electron chi connectivity index (χ0n) is 11.8. The van der Waals surface area contributed by atoms with Crippen LogP contribution in [-0.4, -0.2) is 37.6 Å². The van der Waals surface area contributed by atoms with Crippen molar-refractivity contribution >= 4 is 0 Å². The van der Waals surface area contributed by atoms with Crippen molar-refractivity contribution < 1.29 is 0 Å². The summed E-state index contributed by atoms with van der Waals surface area (Å²) in [7, 11) is 0. The fraction of sp³-hybridized carbons (Fsp3) is 1.00. The summed E-state index contributed by atoms with van der Waals surface area (Å²) in [6, 6.07) is 0. The topological polar surface area (TPSA) is 15.3 Å². The van der Waals surface area contributed by atoms with Gasteiger partial charge in [-0.15, -0.1) is 0 Å². The lowest BCUT2D eigenvalue weighted by atomic mass is 9.88. The number of rotatable bonds is 4. The largest absolute Gasteiger partial charge is 0.317 e. The minimum Gasteiger partial charge on any atom is -0.317 e. The summed E-state index contributed by atoms with van der Waals surface area (Å²) < 4.78 is 0. The molecule has 0 saturated carbocycles. The average Bonchev–Trinajstić information content (AvgIpc) is 2.30. The minimum atomic E-state index is 0.874. The maximum atomic E-state index is 3.47. The van der Waals surface area contributed by atoms with E-state index in [4.69, 9.17) is 0 Å². The maximum absolute atomic E-state index is 3.47. The van der Waals surface area contributed by atoms with E-state index in [2.05, 4.69) is 24.1 Å². The molecule has 2 aliphatic heterocycles. The molecule has 2 fully saturated rings. The van der Waals surface area contributed by atoms with Crippen LogP contribution in [0.25, 0.3) is 0 Å². The number of piperidine rings is 2. The van der Waals surface area contributed by atoms with Crippen molar-refractivity contribution in [3.05, 3.63) is 0 Å². The van der Waals surface area contributed by atoms with E-state index in [0.717, 1.165) is 17.8 Å². The van der Waals surface area contributed by atoms with Crippen molar-refractivity contribution in [2.24, 2.45) is 17.8 Å². The van der Waals surface area contributed by atoms with Crippen LogP contribution in [0.2, 0.25) is 0 Å². The van der Waals surface area contributed by atoms with Gasteiger partial charge < -0.3 is 10.2 Å². The molecule has 2 rings (SSSR count). The Kier molecular flexibility index (Phi) is 5.30. The van der Waals surface area contributed by atoms with Crippen LogP contribution >= 0.6 is 0 Å². The first kappa shape index (κ1) is 13.4. The third-order valence-electron chi connectivity index (χ3n) is 4.38. The molecule has 0 spiro atoms. The van der Waals surface area contributed by atoms with Crippen LogP contribution in [0.4, 0.5) is 0 Å². The van der Waals surface area contributed by atoms with E-state index in [1.165, 1.54) is 64.8 Å². The zero-order chi connectivity index (χ0) is 12.1. The number of hydrogen-bond acceptors (Lipinski definition) is 2. The molecule has 2 heterocycles. The molecular formula is C15H30N2. The maximum Gasteiger partial charge on any atom is 0.00107 e. The van der Waals surface area contributed by atoms with Crippen LogP contribution in [-0.2, 0) is 0 Å². The highest BCUT2D eigenvalue weighted by atomic mass is 15.1. The average molecular weight is 238 g/mol. The second kappa shape index (κ2) is 6.75. The summed E-state index contributed by atoms with van der Waals surface area (Å²) in [5, 5.41) is 3.47. The lowest BCUT2D eigenvalue weighted by molar-refractivity contribution is 0.130. The van der Waals surface area contributed by atoms with Gasteiger partial charge in [0.1, 0.15) is 0 Å². The van der Waals surface area contributed by atoms with Crippen molar-refractivity contribution in [2.45, 2.75) is 46.0 Å². The van der Waals surface area contributed by atoms with Gasteiger partial charge in [0.05, 0.1) is 0 Å². The highest BCUT2D eigenvalue weighted by molar-refractivity contribution is 4.78. The highest BCUT2D eigenvalue weighted by Gasteiger charge is 2.23. The number of nitrogens with one attached hydrogen (secondary N) is 1. The third-order valence-corrected chi connectivity index (χ3v) is 4.38. The van der Waals surface area contributed by atoms with Crippen molar-refractivity contribution in [1.82, 2.24) is 10.2 Å². The van der Waals surface area contributed by atoms with Crippen LogP contribution < -0.4 is 5.32 Å². The monoisotopic (exact) mass is 238 g/mol. The Balaban J connectivity index is 1.72. The molecule has 2 aliphatic rings. The first-order valence-corrected chi connectivity index (χ1v) is 7.67. The van der Waals surface area contributed by atoms with E-state index in [0.29, 0.717) is 0 Å². The lowest BCUT2D eigenvalue weighted by Crippen LogP contribution is -2.41. The van der Waals surface area contributed by atoms with Gasteiger partial charge in [0.25, 0.3) is 0 Å². The molecule has 0 aromatic rings. The molecule has 0 bridgehead atoms. The smallest absolute Gasteiger partial charge is 0.00107 e. The van der Waals surface area contributed by atoms with Crippen molar-refractivity contribution in [3.63, 3.8) is 0 Å². The first-order chi connectivity index (χ1) is 8.24. The molecule has 17 heavy (non-hydrogen) atoms. The molecule has 100 valence electrons. The predicted molar refractivity (Wildman–Crippen MR) is 74.2 cm³/mol. The highest BCUT2D eigenvalue weighted by Crippen LogP contribution is 2.24. The SMILES string of the molecule is CC(C)CC1CCCN(CC2CCNCC2)C1. The van der Waals surface area contributed by atoms with Crippen LogP contribution in [0.15, 0.2) is 0 Å². The van der Waals surface area contributed by atoms with Crippen molar-refractivity contribution in [1.29, 1.82) is 0 Å². The molecule has 1 atom stereocenters. The molecule has 0 aromatic heterocycles. The number of nitrogens with zero attached hydrogens (tertiary/aromatic N) is 1. The fourth-order valence-corrected chi connectivity index (χ4v) is 3.61. The van der Waals surface area contributed by atoms with Gasteiger partial charge in [-0.2, -0.15) is 0 Å². The quantitative estimate of drug-likeness (QED) is 0.810. The van der Waals surface area contributed by atoms with Crippen LogP contribution in [0, 0.1) is 17.8 Å². The summed E-state index contributed by atoms with van der Waals surface area (Å²) >= 11 is 0. The van der Waals surface area contributed by atoms with Gasteiger partial charge in [-0.3, -0.25) is 0 Å². The van der Waals surface area contributed by atoms with Crippen molar-refractivity contribution in [2.75, 3.05) is 32.7 Å². The lowest BCUT2D eigenvalue weighted by Gasteiger charge is -2.36. The van der Waals surface area contributed by atoms with E-state index in [9.17, 15) is 0 Å². The Hall–Kier alpha value is -0.0800. The summed E-state index contributed by atoms with van der Waals surface area (Å²) in [6.07, 6.45) is 7.13. The van der Waals surface area contributed by atoms with Crippen molar-refractivity contribution in [3.8, 4) is 0 Å². The Morgan fingerprint density at radius 3 is 2.59 bits per heavy atom. The van der Waals surface area contributed by atoms with E-state index in [-0.39, 0.29) is 0 Å². The third kappa shape index (κ3) is 4.59. The van der Waals surface area contributed by atoms with Gasteiger partial charge in [0.15, 0.2) is 0 Å². The molecule has 0 aromatic carbocycles. The van der Waals surface area contributed by atoms with E-state index < -0.39 is 0 Å². The van der Waals surface area contributed by atoms with E-state index >= 15 is 0 Å². The molecule has 2 saturated heterocycles. The summed E-state index contributed by atoms with van der Waals surface area (Å²) in [5.74, 6) is 2.82. The minimum absolute atomic E-state index is 0.874. The van der Waals surface area contributed by atoms with Crippen LogP contribution in [0.5, 0.6) is 0 Å². The summed E-state index contributed by atoms with van der Waals surface area (Å²) in [6.45, 7) is 11.3. The van der Waals surface area contributed by atoms with Gasteiger partial charge in [0, 0.05) is 13.1 Å². The molecule has 2 heteroatoms. The second-order valence-corrected chi connectivity index (χ2v) is 6.59. The standard InChI is InChI=1S/C15H30N2/c1-13(2)10-15-4-3-9-17(12-15)11-14-5-7-16-8-6-14/h13-16H,3-12H2,1-2H3. The Morgan fingerprint density at radius 2 is 1.88 bits per heavy atom. The molecule has 0 aliphatic carbocycles. The number of hydrogen-bond donors (Lipinski definition) is 1. The van der Waals surface area contributed by atoms with E-state index in [1.807, 2.05) is 0 Å². The van der Waals surface area contributed by atoms with Crippen LogP contribution in [0.3, 0.4) is 0 Å². The normalized spacial score (nSPS) is 28.8. The van der Waals surface area contributed by atoms with Gasteiger partial charge in [-0.05, 0) is 69.5 Å². The molecule has 1 unspecified atom stereocenters. The Morgan fingerprint density at radius 1 is 1.12 bits per heavy atom. The molecule has 0 amide bonds. The van der Waals surface area contributed by atoms with Crippen LogP contribution in [0.1, 0.15) is 46.0 Å². The summed E-state index contributed by atoms with van der Waals surface area (Å²) in [5.41, 5.74) is 0. The van der Waals surface area contributed by atoms with E-state index in [1.54, 1.807) is 0 Å². The summed E-state index contributed by atoms with van der Waals surface area (Å²) in [4.78, 5) is 2.76. The predicted octanol–water partition coefficient (Wildman–Crippen LogP) is 2.74. The Bertz CT molecular complexity index is 209. The van der Waals surface area contributed by atoms with Gasteiger partial charge in [0.2, 0.25) is 0 Å². The second-order valence-electron chi connectivity index (χ2n) is 6.59.